The highest BCUT2D eigenvalue weighted by Gasteiger charge is 2.38. The van der Waals surface area contributed by atoms with Crippen LogP contribution in [0.4, 0.5) is 0 Å². The predicted molar refractivity (Wildman–Crippen MR) is 76.1 cm³/mol. The van der Waals surface area contributed by atoms with Gasteiger partial charge in [-0.25, -0.2) is 0 Å². The van der Waals surface area contributed by atoms with Crippen LogP contribution in [-0.2, 0) is 11.5 Å². The van der Waals surface area contributed by atoms with E-state index in [4.69, 9.17) is 0 Å². The van der Waals surface area contributed by atoms with Gasteiger partial charge >= 0.3 is 0 Å². The Morgan fingerprint density at radius 2 is 0.688 bits per heavy atom. The largest absolute Gasteiger partial charge is 0.267 e. The molecule has 16 heavy (non-hydrogen) atoms. The molecule has 0 aliphatic rings. The molecular weight excluding hydrogens is 218 g/mol. The average Bonchev–Trinajstić information content (AvgIpc) is 2.33. The highest BCUT2D eigenvalue weighted by atomic mass is 32.2. The summed E-state index contributed by atoms with van der Waals surface area (Å²) in [6, 6.07) is 0. The third-order valence-corrected chi connectivity index (χ3v) is 5.74. The molecule has 0 unspecified atom stereocenters. The third-order valence-electron chi connectivity index (χ3n) is 2.81. The number of nitrogens with zero attached hydrogens (tertiary/aromatic N) is 3. The summed E-state index contributed by atoms with van der Waals surface area (Å²) in [5.74, 6) is 0. The summed E-state index contributed by atoms with van der Waals surface area (Å²) in [5.41, 5.74) is 0. The second-order valence-electron chi connectivity index (χ2n) is 3.59. The Morgan fingerprint density at radius 1 is 0.500 bits per heavy atom. The van der Waals surface area contributed by atoms with Crippen LogP contribution < -0.4 is 0 Å². The summed E-state index contributed by atoms with van der Waals surface area (Å²) in [4.78, 5) is 0. The zero-order chi connectivity index (χ0) is 12.6. The molecule has 98 valence electrons. The van der Waals surface area contributed by atoms with E-state index in [-0.39, 0.29) is 11.5 Å². The number of hydrogen-bond acceptors (Lipinski definition) is 3. The fraction of sp³-hybridized carbons (Fsp3) is 1.00. The molecule has 0 aliphatic heterocycles. The van der Waals surface area contributed by atoms with E-state index in [0.717, 1.165) is 39.3 Å². The first-order valence-electron chi connectivity index (χ1n) is 6.69. The quantitative estimate of drug-likeness (QED) is 0.580. The van der Waals surface area contributed by atoms with Gasteiger partial charge in [0.2, 0.25) is 0 Å². The Bertz CT molecular complexity index is 126. The van der Waals surface area contributed by atoms with Gasteiger partial charge in [-0.05, 0) is 41.5 Å². The summed E-state index contributed by atoms with van der Waals surface area (Å²) in [6.45, 7) is 20.4. The maximum Gasteiger partial charge on any atom is 0.267 e. The van der Waals surface area contributed by atoms with Crippen molar-refractivity contribution in [2.24, 2.45) is 0 Å². The summed E-state index contributed by atoms with van der Waals surface area (Å²) in [7, 11) is 0. The van der Waals surface area contributed by atoms with Crippen LogP contribution in [0.15, 0.2) is 0 Å². The first-order chi connectivity index (χ1) is 7.69. The highest BCUT2D eigenvalue weighted by Crippen LogP contribution is 2.16. The molecule has 0 saturated heterocycles. The predicted octanol–water partition coefficient (Wildman–Crippen LogP) is 2.38. The minimum absolute atomic E-state index is 0.162. The van der Waals surface area contributed by atoms with Crippen LogP contribution in [0.25, 0.3) is 0 Å². The summed E-state index contributed by atoms with van der Waals surface area (Å²) >= 11 is 0.162. The molecule has 0 radical (unpaired) electrons. The molecule has 0 bridgehead atoms. The molecular formula is C12H30N3S+. The molecule has 0 spiro atoms. The fourth-order valence-corrected chi connectivity index (χ4v) is 4.22. The van der Waals surface area contributed by atoms with Crippen molar-refractivity contribution >= 4 is 11.5 Å². The highest BCUT2D eigenvalue weighted by molar-refractivity contribution is 7.90. The maximum absolute atomic E-state index is 2.57. The Morgan fingerprint density at radius 3 is 0.812 bits per heavy atom. The topological polar surface area (TPSA) is 9.72 Å². The van der Waals surface area contributed by atoms with Crippen molar-refractivity contribution in [1.82, 2.24) is 12.9 Å². The van der Waals surface area contributed by atoms with Crippen molar-refractivity contribution in [3.8, 4) is 0 Å². The molecule has 0 N–H and O–H groups in total. The molecule has 4 heteroatoms. The zero-order valence-corrected chi connectivity index (χ0v) is 12.8. The van der Waals surface area contributed by atoms with E-state index >= 15 is 0 Å². The summed E-state index contributed by atoms with van der Waals surface area (Å²) in [5, 5.41) is 0. The van der Waals surface area contributed by atoms with Gasteiger partial charge in [0, 0.05) is 39.3 Å². The molecule has 0 rings (SSSR count). The van der Waals surface area contributed by atoms with Crippen molar-refractivity contribution < 1.29 is 0 Å². The smallest absolute Gasteiger partial charge is 0.0886 e. The molecule has 0 heterocycles. The number of rotatable bonds is 9. The third kappa shape index (κ3) is 4.24. The van der Waals surface area contributed by atoms with Crippen molar-refractivity contribution in [2.75, 3.05) is 39.3 Å². The average molecular weight is 248 g/mol. The Hall–Kier alpha value is 0.230. The van der Waals surface area contributed by atoms with Gasteiger partial charge in [0.1, 0.15) is 0 Å². The van der Waals surface area contributed by atoms with E-state index in [1.807, 2.05) is 0 Å². The second kappa shape index (κ2) is 9.28. The second-order valence-corrected chi connectivity index (χ2v) is 5.63. The zero-order valence-electron chi connectivity index (χ0n) is 12.0. The van der Waals surface area contributed by atoms with E-state index < -0.39 is 0 Å². The van der Waals surface area contributed by atoms with E-state index in [1.165, 1.54) is 0 Å². The van der Waals surface area contributed by atoms with Crippen LogP contribution in [0.1, 0.15) is 41.5 Å². The molecule has 0 atom stereocenters. The van der Waals surface area contributed by atoms with Gasteiger partial charge in [0.25, 0.3) is 11.5 Å². The fourth-order valence-electron chi connectivity index (χ4n) is 1.85. The van der Waals surface area contributed by atoms with E-state index in [0.29, 0.717) is 0 Å². The lowest BCUT2D eigenvalue weighted by molar-refractivity contribution is 0.368. The van der Waals surface area contributed by atoms with Gasteiger partial charge < -0.3 is 0 Å². The lowest BCUT2D eigenvalue weighted by Gasteiger charge is -2.30. The number of hydrogen-bond donors (Lipinski definition) is 0. The molecule has 0 saturated carbocycles. The summed E-state index contributed by atoms with van der Waals surface area (Å²) < 4.78 is 7.71. The Kier molecular flexibility index (Phi) is 9.41. The molecule has 0 aliphatic carbocycles. The van der Waals surface area contributed by atoms with E-state index in [9.17, 15) is 0 Å². The van der Waals surface area contributed by atoms with Gasteiger partial charge in [-0.1, -0.05) is 12.9 Å². The monoisotopic (exact) mass is 248 g/mol. The van der Waals surface area contributed by atoms with E-state index in [2.05, 4.69) is 54.5 Å². The lowest BCUT2D eigenvalue weighted by atomic mass is 10.7. The van der Waals surface area contributed by atoms with Gasteiger partial charge in [-0.15, -0.1) is 0 Å². The molecule has 0 aromatic heterocycles. The minimum Gasteiger partial charge on any atom is -0.0886 e. The standard InChI is InChI=1S/C12H30N3S/c1-7-13(8-2)16(14(9-3)10-4)15(11-5)12-6/h7-12H2,1-6H3/q+1. The molecule has 0 amide bonds. The Labute approximate surface area is 106 Å². The van der Waals surface area contributed by atoms with Crippen LogP contribution >= 0.6 is 0 Å². The SMILES string of the molecule is CCN(CC)[S+](N(CC)CC)N(CC)CC. The van der Waals surface area contributed by atoms with Crippen molar-refractivity contribution in [3.05, 3.63) is 0 Å². The van der Waals surface area contributed by atoms with Gasteiger partial charge in [0.15, 0.2) is 0 Å². The van der Waals surface area contributed by atoms with Crippen molar-refractivity contribution in [3.63, 3.8) is 0 Å². The van der Waals surface area contributed by atoms with Crippen LogP contribution in [-0.4, -0.2) is 52.2 Å². The van der Waals surface area contributed by atoms with Crippen LogP contribution in [0, 0.1) is 0 Å². The van der Waals surface area contributed by atoms with Crippen LogP contribution in [0.2, 0.25) is 0 Å². The van der Waals surface area contributed by atoms with Crippen LogP contribution in [0.3, 0.4) is 0 Å². The van der Waals surface area contributed by atoms with Gasteiger partial charge in [0.05, 0.1) is 0 Å². The summed E-state index contributed by atoms with van der Waals surface area (Å²) in [6.07, 6.45) is 0. The molecule has 0 aromatic rings. The van der Waals surface area contributed by atoms with E-state index in [1.54, 1.807) is 0 Å². The molecule has 0 fully saturated rings. The molecule has 0 aromatic carbocycles. The first kappa shape index (κ1) is 16.2. The normalized spacial score (nSPS) is 12.4. The van der Waals surface area contributed by atoms with Crippen molar-refractivity contribution in [1.29, 1.82) is 0 Å². The lowest BCUT2D eigenvalue weighted by Crippen LogP contribution is -2.53. The van der Waals surface area contributed by atoms with Crippen molar-refractivity contribution in [2.45, 2.75) is 41.5 Å². The molecule has 3 nitrogen and oxygen atoms in total. The Balaban J connectivity index is 4.84. The van der Waals surface area contributed by atoms with Gasteiger partial charge in [-0.3, -0.25) is 0 Å². The first-order valence-corrected chi connectivity index (χ1v) is 7.78. The van der Waals surface area contributed by atoms with Crippen LogP contribution in [0.5, 0.6) is 0 Å². The minimum atomic E-state index is 0.162. The maximum atomic E-state index is 2.57. The van der Waals surface area contributed by atoms with Gasteiger partial charge in [-0.2, -0.15) is 0 Å².